The normalized spacial score (nSPS) is 10.6. The predicted molar refractivity (Wildman–Crippen MR) is 104 cm³/mol. The topological polar surface area (TPSA) is 88.9 Å². The number of benzene rings is 2. The van der Waals surface area contributed by atoms with Crippen molar-refractivity contribution in [3.05, 3.63) is 65.2 Å². The van der Waals surface area contributed by atoms with E-state index in [-0.39, 0.29) is 18.0 Å². The molecule has 8 heteroatoms. The van der Waals surface area contributed by atoms with Gasteiger partial charge in [-0.1, -0.05) is 22.9 Å². The van der Waals surface area contributed by atoms with E-state index in [9.17, 15) is 14.0 Å². The van der Waals surface area contributed by atoms with Gasteiger partial charge in [-0.15, -0.1) is 5.10 Å². The molecule has 2 N–H and O–H groups in total. The number of halogens is 1. The van der Waals surface area contributed by atoms with Crippen molar-refractivity contribution in [3.63, 3.8) is 0 Å². The molecule has 3 aromatic rings. The average molecular weight is 381 g/mol. The Labute approximate surface area is 161 Å². The second-order valence-corrected chi connectivity index (χ2v) is 6.47. The van der Waals surface area contributed by atoms with Crippen molar-refractivity contribution in [1.82, 2.24) is 15.0 Å². The van der Waals surface area contributed by atoms with Gasteiger partial charge in [-0.25, -0.2) is 9.07 Å². The second kappa shape index (κ2) is 7.99. The van der Waals surface area contributed by atoms with Gasteiger partial charge in [-0.05, 0) is 44.2 Å². The zero-order chi connectivity index (χ0) is 20.3. The zero-order valence-electron chi connectivity index (χ0n) is 15.8. The van der Waals surface area contributed by atoms with Crippen LogP contribution in [0.1, 0.15) is 23.9 Å². The van der Waals surface area contributed by atoms with Crippen LogP contribution >= 0.6 is 0 Å². The largest absolute Gasteiger partial charge is 0.326 e. The van der Waals surface area contributed by atoms with Gasteiger partial charge in [0.15, 0.2) is 0 Å². The Balaban J connectivity index is 1.72. The van der Waals surface area contributed by atoms with Crippen molar-refractivity contribution in [2.75, 3.05) is 10.6 Å². The summed E-state index contributed by atoms with van der Waals surface area (Å²) in [5.74, 6) is -1.30. The smallest absolute Gasteiger partial charge is 0.230 e. The first-order valence-corrected chi connectivity index (χ1v) is 8.68. The van der Waals surface area contributed by atoms with Gasteiger partial charge in [-0.3, -0.25) is 9.59 Å². The van der Waals surface area contributed by atoms with Crippen LogP contribution in [0.5, 0.6) is 0 Å². The van der Waals surface area contributed by atoms with Crippen molar-refractivity contribution >= 4 is 23.2 Å². The van der Waals surface area contributed by atoms with Crippen LogP contribution in [0.3, 0.4) is 0 Å². The number of aromatic nitrogens is 3. The Morgan fingerprint density at radius 2 is 1.79 bits per heavy atom. The molecule has 7 nitrogen and oxygen atoms in total. The number of carbonyl (C=O) groups is 2. The predicted octanol–water partition coefficient (Wildman–Crippen LogP) is 3.16. The molecule has 2 aromatic carbocycles. The fourth-order valence-corrected chi connectivity index (χ4v) is 2.70. The number of hydrogen-bond donors (Lipinski definition) is 2. The Bertz CT molecular complexity index is 1030. The summed E-state index contributed by atoms with van der Waals surface area (Å²) < 4.78 is 15.4. The molecule has 0 radical (unpaired) electrons. The number of nitrogens with one attached hydrogen (secondary N) is 2. The molecular formula is C20H20FN5O2. The molecule has 3 rings (SSSR count). The molecule has 0 spiro atoms. The summed E-state index contributed by atoms with van der Waals surface area (Å²) in [5.41, 5.74) is 3.68. The monoisotopic (exact) mass is 381 g/mol. The molecule has 0 atom stereocenters. The molecule has 0 aliphatic carbocycles. The Morgan fingerprint density at radius 1 is 1.07 bits per heavy atom. The lowest BCUT2D eigenvalue weighted by molar-refractivity contribution is -0.116. The minimum atomic E-state index is -0.579. The molecule has 0 saturated heterocycles. The van der Waals surface area contributed by atoms with Crippen molar-refractivity contribution in [1.29, 1.82) is 0 Å². The van der Waals surface area contributed by atoms with Gasteiger partial charge in [0, 0.05) is 12.6 Å². The van der Waals surface area contributed by atoms with Crippen LogP contribution in [0.2, 0.25) is 0 Å². The third-order valence-electron chi connectivity index (χ3n) is 4.16. The van der Waals surface area contributed by atoms with Crippen molar-refractivity contribution in [2.45, 2.75) is 27.2 Å². The van der Waals surface area contributed by atoms with Crippen LogP contribution in [-0.2, 0) is 16.0 Å². The third kappa shape index (κ3) is 4.40. The molecule has 0 bridgehead atoms. The molecule has 0 aliphatic rings. The minimum Gasteiger partial charge on any atom is -0.326 e. The van der Waals surface area contributed by atoms with Gasteiger partial charge in [0.1, 0.15) is 5.82 Å². The average Bonchev–Trinajstić information content (AvgIpc) is 2.99. The summed E-state index contributed by atoms with van der Waals surface area (Å²) in [6.07, 6.45) is 0.0184. The van der Waals surface area contributed by atoms with Gasteiger partial charge >= 0.3 is 0 Å². The van der Waals surface area contributed by atoms with E-state index in [0.29, 0.717) is 11.4 Å². The van der Waals surface area contributed by atoms with E-state index < -0.39 is 11.7 Å². The van der Waals surface area contributed by atoms with Crippen LogP contribution in [0, 0.1) is 19.7 Å². The molecule has 1 aromatic heterocycles. The Morgan fingerprint density at radius 3 is 2.46 bits per heavy atom. The lowest BCUT2D eigenvalue weighted by Gasteiger charge is -2.09. The van der Waals surface area contributed by atoms with E-state index in [1.54, 1.807) is 4.68 Å². The maximum Gasteiger partial charge on any atom is 0.230 e. The first kappa shape index (κ1) is 19.2. The van der Waals surface area contributed by atoms with Crippen molar-refractivity contribution < 1.29 is 14.0 Å². The summed E-state index contributed by atoms with van der Waals surface area (Å²) in [7, 11) is 0. The molecular weight excluding hydrogens is 361 g/mol. The molecule has 0 aliphatic heterocycles. The maximum atomic E-state index is 13.7. The first-order chi connectivity index (χ1) is 13.3. The van der Waals surface area contributed by atoms with Gasteiger partial charge in [0.05, 0.1) is 29.2 Å². The van der Waals surface area contributed by atoms with E-state index in [4.69, 9.17) is 0 Å². The molecule has 28 heavy (non-hydrogen) atoms. The van der Waals surface area contributed by atoms with Crippen LogP contribution in [0.15, 0.2) is 42.5 Å². The molecule has 0 saturated carbocycles. The van der Waals surface area contributed by atoms with Crippen molar-refractivity contribution in [2.24, 2.45) is 0 Å². The highest BCUT2D eigenvalue weighted by atomic mass is 19.1. The Hall–Kier alpha value is -3.55. The summed E-state index contributed by atoms with van der Waals surface area (Å²) in [6.45, 7) is 5.13. The molecule has 0 unspecified atom stereocenters. The van der Waals surface area contributed by atoms with Crippen LogP contribution in [0.4, 0.5) is 15.8 Å². The number of rotatable bonds is 5. The lowest BCUT2D eigenvalue weighted by atomic mass is 10.2. The number of aryl methyl sites for hydroxylation is 1. The maximum absolute atomic E-state index is 13.7. The summed E-state index contributed by atoms with van der Waals surface area (Å²) in [4.78, 5) is 23.5. The third-order valence-corrected chi connectivity index (χ3v) is 4.16. The second-order valence-electron chi connectivity index (χ2n) is 6.47. The minimum absolute atomic E-state index is 0.00629. The number of carbonyl (C=O) groups excluding carboxylic acids is 2. The zero-order valence-corrected chi connectivity index (χ0v) is 15.8. The highest BCUT2D eigenvalue weighted by Crippen LogP contribution is 2.20. The van der Waals surface area contributed by atoms with E-state index in [0.717, 1.165) is 16.9 Å². The molecule has 1 heterocycles. The molecule has 144 valence electrons. The number of anilines is 2. The first-order valence-electron chi connectivity index (χ1n) is 8.68. The number of nitrogens with zero attached hydrogens (tertiary/aromatic N) is 3. The van der Waals surface area contributed by atoms with Gasteiger partial charge in [0.2, 0.25) is 11.8 Å². The summed E-state index contributed by atoms with van der Waals surface area (Å²) >= 11 is 0. The fraction of sp³-hybridized carbons (Fsp3) is 0.200. The molecule has 0 fully saturated rings. The van der Waals surface area contributed by atoms with Gasteiger partial charge < -0.3 is 10.6 Å². The fourth-order valence-electron chi connectivity index (χ4n) is 2.70. The van der Waals surface area contributed by atoms with Crippen LogP contribution in [-0.4, -0.2) is 26.8 Å². The highest BCUT2D eigenvalue weighted by Gasteiger charge is 2.15. The number of amides is 2. The summed E-state index contributed by atoms with van der Waals surface area (Å²) in [6, 6.07) is 11.8. The number of hydrogen-bond acceptors (Lipinski definition) is 4. The van der Waals surface area contributed by atoms with E-state index >= 15 is 0 Å². The highest BCUT2D eigenvalue weighted by molar-refractivity contribution is 5.94. The van der Waals surface area contributed by atoms with E-state index in [1.807, 2.05) is 38.1 Å². The molecule has 2 amide bonds. The quantitative estimate of drug-likeness (QED) is 0.710. The van der Waals surface area contributed by atoms with Crippen LogP contribution in [0.25, 0.3) is 5.69 Å². The van der Waals surface area contributed by atoms with Crippen molar-refractivity contribution in [3.8, 4) is 5.69 Å². The van der Waals surface area contributed by atoms with Gasteiger partial charge in [-0.2, -0.15) is 0 Å². The van der Waals surface area contributed by atoms with Gasteiger partial charge in [0.25, 0.3) is 0 Å². The van der Waals surface area contributed by atoms with E-state index in [2.05, 4.69) is 20.9 Å². The van der Waals surface area contributed by atoms with E-state index in [1.165, 1.54) is 25.1 Å². The summed E-state index contributed by atoms with van der Waals surface area (Å²) in [5, 5.41) is 13.3. The Kier molecular flexibility index (Phi) is 5.49. The standard InChI is InChI=1S/C20H20FN5O2/c1-12-4-7-16(8-5-12)26-13(2)18(24-25-26)11-20(28)23-15-6-9-17(21)19(10-15)22-14(3)27/h4-10H,11H2,1-3H3,(H,22,27)(H,23,28). The van der Waals surface area contributed by atoms with Crippen LogP contribution < -0.4 is 10.6 Å². The lowest BCUT2D eigenvalue weighted by Crippen LogP contribution is -2.16. The SMILES string of the molecule is CC(=O)Nc1cc(NC(=O)Cc2nnn(-c3ccc(C)cc3)c2C)ccc1F.